The van der Waals surface area contributed by atoms with Crippen molar-refractivity contribution >= 4 is 17.8 Å². The maximum atomic E-state index is 11.9. The normalized spacial score (nSPS) is 12.3. The van der Waals surface area contributed by atoms with Crippen molar-refractivity contribution < 1.29 is 9.59 Å². The van der Waals surface area contributed by atoms with Crippen molar-refractivity contribution in [1.82, 2.24) is 20.9 Å². The monoisotopic (exact) mass is 361 g/mol. The smallest absolute Gasteiger partial charge is 0.253 e. The van der Waals surface area contributed by atoms with E-state index in [4.69, 9.17) is 0 Å². The van der Waals surface area contributed by atoms with Gasteiger partial charge in [0, 0.05) is 52.3 Å². The molecule has 0 heterocycles. The molecule has 2 amide bonds. The maximum Gasteiger partial charge on any atom is 0.253 e. The standard InChI is InChI=1S/C19H31N5O2/c1-6-14(2)23-17(25)11-12-21-19(20-3)22-13-15-7-9-16(10-8-15)18(26)24(4)5/h7-10,14H,6,11-13H2,1-5H3,(H,23,25)(H2,20,21,22). The Morgan fingerprint density at radius 1 is 1.15 bits per heavy atom. The molecule has 0 aliphatic carbocycles. The first-order chi connectivity index (χ1) is 12.4. The number of guanidine groups is 1. The van der Waals surface area contributed by atoms with Crippen LogP contribution < -0.4 is 16.0 Å². The summed E-state index contributed by atoms with van der Waals surface area (Å²) in [5.41, 5.74) is 1.70. The lowest BCUT2D eigenvalue weighted by Crippen LogP contribution is -2.40. The van der Waals surface area contributed by atoms with Crippen LogP contribution >= 0.6 is 0 Å². The molecule has 0 bridgehead atoms. The molecule has 26 heavy (non-hydrogen) atoms. The number of nitrogens with one attached hydrogen (secondary N) is 3. The van der Waals surface area contributed by atoms with Crippen LogP contribution in [0.5, 0.6) is 0 Å². The zero-order valence-electron chi connectivity index (χ0n) is 16.4. The summed E-state index contributed by atoms with van der Waals surface area (Å²) in [5, 5.41) is 9.25. The Morgan fingerprint density at radius 2 is 1.81 bits per heavy atom. The Bertz CT molecular complexity index is 611. The Balaban J connectivity index is 2.40. The number of aliphatic imine (C=N–C) groups is 1. The number of hydrogen-bond donors (Lipinski definition) is 3. The second kappa shape index (κ2) is 11.1. The number of benzene rings is 1. The molecule has 7 nitrogen and oxygen atoms in total. The first kappa shape index (κ1) is 21.5. The first-order valence-electron chi connectivity index (χ1n) is 8.91. The molecule has 0 aliphatic rings. The number of carbonyl (C=O) groups excluding carboxylic acids is 2. The summed E-state index contributed by atoms with van der Waals surface area (Å²) < 4.78 is 0. The molecule has 0 saturated carbocycles. The van der Waals surface area contributed by atoms with E-state index < -0.39 is 0 Å². The van der Waals surface area contributed by atoms with Crippen LogP contribution in [0.25, 0.3) is 0 Å². The second-order valence-corrected chi connectivity index (χ2v) is 6.38. The molecule has 1 atom stereocenters. The summed E-state index contributed by atoms with van der Waals surface area (Å²) in [6.07, 6.45) is 1.31. The molecule has 0 radical (unpaired) electrons. The molecule has 0 fully saturated rings. The van der Waals surface area contributed by atoms with Gasteiger partial charge in [0.2, 0.25) is 5.91 Å². The van der Waals surface area contributed by atoms with E-state index in [0.29, 0.717) is 31.0 Å². The third kappa shape index (κ3) is 7.55. The van der Waals surface area contributed by atoms with Crippen LogP contribution in [0.1, 0.15) is 42.6 Å². The number of hydrogen-bond acceptors (Lipinski definition) is 3. The van der Waals surface area contributed by atoms with Gasteiger partial charge in [-0.15, -0.1) is 0 Å². The molecule has 1 rings (SSSR count). The summed E-state index contributed by atoms with van der Waals surface area (Å²) in [5.74, 6) is 0.649. The minimum Gasteiger partial charge on any atom is -0.356 e. The highest BCUT2D eigenvalue weighted by Gasteiger charge is 2.08. The predicted octanol–water partition coefficient (Wildman–Crippen LogP) is 1.36. The van der Waals surface area contributed by atoms with Gasteiger partial charge in [0.15, 0.2) is 5.96 Å². The van der Waals surface area contributed by atoms with Gasteiger partial charge in [-0.3, -0.25) is 14.6 Å². The highest BCUT2D eigenvalue weighted by atomic mass is 16.2. The van der Waals surface area contributed by atoms with Gasteiger partial charge in [-0.2, -0.15) is 0 Å². The summed E-state index contributed by atoms with van der Waals surface area (Å²) in [6.45, 7) is 5.12. The number of carbonyl (C=O) groups is 2. The van der Waals surface area contributed by atoms with Crippen molar-refractivity contribution in [2.45, 2.75) is 39.3 Å². The molecule has 7 heteroatoms. The van der Waals surface area contributed by atoms with Gasteiger partial charge < -0.3 is 20.9 Å². The Morgan fingerprint density at radius 3 is 2.35 bits per heavy atom. The predicted molar refractivity (Wildman–Crippen MR) is 105 cm³/mol. The van der Waals surface area contributed by atoms with Gasteiger partial charge in [-0.1, -0.05) is 19.1 Å². The molecule has 1 aromatic carbocycles. The number of amides is 2. The lowest BCUT2D eigenvalue weighted by Gasteiger charge is -2.14. The van der Waals surface area contributed by atoms with E-state index in [-0.39, 0.29) is 17.9 Å². The zero-order chi connectivity index (χ0) is 19.5. The van der Waals surface area contributed by atoms with E-state index in [2.05, 4.69) is 20.9 Å². The molecular weight excluding hydrogens is 330 g/mol. The SMILES string of the molecule is CCC(C)NC(=O)CCNC(=NC)NCc1ccc(C(=O)N(C)C)cc1. The number of rotatable bonds is 8. The van der Waals surface area contributed by atoms with E-state index in [9.17, 15) is 9.59 Å². The average Bonchev–Trinajstić information content (AvgIpc) is 2.64. The number of nitrogens with zero attached hydrogens (tertiary/aromatic N) is 2. The van der Waals surface area contributed by atoms with E-state index in [1.54, 1.807) is 26.0 Å². The van der Waals surface area contributed by atoms with Crippen molar-refractivity contribution in [2.75, 3.05) is 27.7 Å². The van der Waals surface area contributed by atoms with Crippen molar-refractivity contribution in [3.8, 4) is 0 Å². The zero-order valence-corrected chi connectivity index (χ0v) is 16.4. The molecule has 0 aliphatic heterocycles. The Kier molecular flexibility index (Phi) is 9.19. The van der Waals surface area contributed by atoms with Crippen LogP contribution in [-0.2, 0) is 11.3 Å². The molecule has 1 aromatic rings. The highest BCUT2D eigenvalue weighted by molar-refractivity contribution is 5.93. The van der Waals surface area contributed by atoms with Crippen LogP contribution in [0.15, 0.2) is 29.3 Å². The summed E-state index contributed by atoms with van der Waals surface area (Å²) >= 11 is 0. The molecule has 0 saturated heterocycles. The van der Waals surface area contributed by atoms with E-state index in [0.717, 1.165) is 12.0 Å². The van der Waals surface area contributed by atoms with Crippen molar-refractivity contribution in [3.63, 3.8) is 0 Å². The maximum absolute atomic E-state index is 11.9. The molecule has 0 aromatic heterocycles. The van der Waals surface area contributed by atoms with Crippen molar-refractivity contribution in [1.29, 1.82) is 0 Å². The van der Waals surface area contributed by atoms with Crippen LogP contribution in [0, 0.1) is 0 Å². The topological polar surface area (TPSA) is 85.8 Å². The van der Waals surface area contributed by atoms with E-state index >= 15 is 0 Å². The first-order valence-corrected chi connectivity index (χ1v) is 8.91. The minimum absolute atomic E-state index is 0.0161. The van der Waals surface area contributed by atoms with Crippen molar-refractivity contribution in [3.05, 3.63) is 35.4 Å². The third-order valence-electron chi connectivity index (χ3n) is 3.95. The van der Waals surface area contributed by atoms with Gasteiger partial charge in [0.25, 0.3) is 5.91 Å². The molecule has 3 N–H and O–H groups in total. The summed E-state index contributed by atoms with van der Waals surface area (Å²) in [4.78, 5) is 29.3. The largest absolute Gasteiger partial charge is 0.356 e. The minimum atomic E-state index is -0.0161. The lowest BCUT2D eigenvalue weighted by molar-refractivity contribution is -0.121. The van der Waals surface area contributed by atoms with E-state index in [1.165, 1.54) is 0 Å². The third-order valence-corrected chi connectivity index (χ3v) is 3.95. The van der Waals surface area contributed by atoms with Gasteiger partial charge in [0.05, 0.1) is 0 Å². The lowest BCUT2D eigenvalue weighted by atomic mass is 10.1. The molecule has 1 unspecified atom stereocenters. The summed E-state index contributed by atoms with van der Waals surface area (Å²) in [6, 6.07) is 7.65. The second-order valence-electron chi connectivity index (χ2n) is 6.38. The molecule has 0 spiro atoms. The average molecular weight is 361 g/mol. The fourth-order valence-electron chi connectivity index (χ4n) is 2.17. The van der Waals surface area contributed by atoms with Crippen LogP contribution in [0.3, 0.4) is 0 Å². The highest BCUT2D eigenvalue weighted by Crippen LogP contribution is 2.06. The Labute approximate surface area is 156 Å². The van der Waals surface area contributed by atoms with Crippen LogP contribution in [0.2, 0.25) is 0 Å². The molecule has 144 valence electrons. The fraction of sp³-hybridized carbons (Fsp3) is 0.526. The molecular formula is C19H31N5O2. The van der Waals surface area contributed by atoms with Gasteiger partial charge >= 0.3 is 0 Å². The Hall–Kier alpha value is -2.57. The quantitative estimate of drug-likeness (QED) is 0.482. The van der Waals surface area contributed by atoms with E-state index in [1.807, 2.05) is 38.1 Å². The summed E-state index contributed by atoms with van der Waals surface area (Å²) in [7, 11) is 5.15. The van der Waals surface area contributed by atoms with Crippen LogP contribution in [-0.4, -0.2) is 56.4 Å². The van der Waals surface area contributed by atoms with Gasteiger partial charge in [-0.05, 0) is 31.0 Å². The van der Waals surface area contributed by atoms with Crippen molar-refractivity contribution in [2.24, 2.45) is 4.99 Å². The van der Waals surface area contributed by atoms with Gasteiger partial charge in [-0.25, -0.2) is 0 Å². The van der Waals surface area contributed by atoms with Crippen LogP contribution in [0.4, 0.5) is 0 Å². The fourth-order valence-corrected chi connectivity index (χ4v) is 2.17. The van der Waals surface area contributed by atoms with Gasteiger partial charge in [0.1, 0.15) is 0 Å².